The van der Waals surface area contributed by atoms with Crippen LogP contribution >= 0.6 is 0 Å². The Kier molecular flexibility index (Phi) is 1.83. The van der Waals surface area contributed by atoms with Gasteiger partial charge in [0.05, 0.1) is 0 Å². The lowest BCUT2D eigenvalue weighted by Crippen LogP contribution is -2.46. The van der Waals surface area contributed by atoms with E-state index in [-0.39, 0.29) is 0 Å². The molecule has 14 heavy (non-hydrogen) atoms. The van der Waals surface area contributed by atoms with Gasteiger partial charge in [0, 0.05) is 0 Å². The van der Waals surface area contributed by atoms with E-state index in [2.05, 4.69) is 13.8 Å². The van der Waals surface area contributed by atoms with E-state index in [1.54, 1.807) is 51.4 Å². The Bertz CT molecular complexity index is 190. The lowest BCUT2D eigenvalue weighted by atomic mass is 9.47. The highest BCUT2D eigenvalue weighted by atomic mass is 14.6. The van der Waals surface area contributed by atoms with Crippen LogP contribution in [0.3, 0.4) is 0 Å². The summed E-state index contributed by atoms with van der Waals surface area (Å²) in [5, 5.41) is 0. The summed E-state index contributed by atoms with van der Waals surface area (Å²) in [6, 6.07) is 0. The minimum atomic E-state index is 0.851. The summed E-state index contributed by atoms with van der Waals surface area (Å²) in [7, 11) is 0. The first kappa shape index (κ1) is 9.24. The van der Waals surface area contributed by atoms with E-state index >= 15 is 0 Å². The molecule has 3 fully saturated rings. The van der Waals surface area contributed by atoms with Crippen molar-refractivity contribution >= 4 is 0 Å². The van der Waals surface area contributed by atoms with Crippen LogP contribution in [0, 0.1) is 22.7 Å². The number of rotatable bonds is 0. The molecule has 3 aliphatic rings. The fourth-order valence-corrected chi connectivity index (χ4v) is 4.96. The van der Waals surface area contributed by atoms with Gasteiger partial charge in [-0.15, -0.1) is 0 Å². The van der Waals surface area contributed by atoms with Gasteiger partial charge in [-0.05, 0) is 74.0 Å². The molecule has 0 radical (unpaired) electrons. The average molecular weight is 192 g/mol. The predicted molar refractivity (Wildman–Crippen MR) is 60.1 cm³/mol. The Balaban J connectivity index is 1.58. The molecule has 0 heterocycles. The van der Waals surface area contributed by atoms with E-state index in [4.69, 9.17) is 0 Å². The predicted octanol–water partition coefficient (Wildman–Crippen LogP) is 4.39. The van der Waals surface area contributed by atoms with Gasteiger partial charge in [0.25, 0.3) is 0 Å². The third-order valence-electron chi connectivity index (χ3n) is 5.50. The SMILES string of the molecule is CC1CC2(CCC3(CC2)CC(C)C3)C1. The molecule has 0 aromatic rings. The zero-order chi connectivity index (χ0) is 9.81. The van der Waals surface area contributed by atoms with Gasteiger partial charge in [-0.25, -0.2) is 0 Å². The van der Waals surface area contributed by atoms with Gasteiger partial charge in [-0.2, -0.15) is 0 Å². The standard InChI is InChI=1S/C14H24/c1-11-7-13(8-11)3-5-14(6-4-13)9-12(2)10-14/h11-12H,3-10H2,1-2H3. The third-order valence-corrected chi connectivity index (χ3v) is 5.50. The van der Waals surface area contributed by atoms with Crippen molar-refractivity contribution in [3.8, 4) is 0 Å². The van der Waals surface area contributed by atoms with Crippen molar-refractivity contribution in [3.05, 3.63) is 0 Å². The maximum atomic E-state index is 2.43. The van der Waals surface area contributed by atoms with E-state index in [0.717, 1.165) is 22.7 Å². The van der Waals surface area contributed by atoms with Crippen molar-refractivity contribution in [1.29, 1.82) is 0 Å². The molecule has 0 aromatic heterocycles. The molecule has 3 aliphatic carbocycles. The smallest absolute Gasteiger partial charge is 0.0292 e. The van der Waals surface area contributed by atoms with Crippen molar-refractivity contribution in [2.45, 2.75) is 65.2 Å². The molecule has 0 N–H and O–H groups in total. The van der Waals surface area contributed by atoms with E-state index in [1.807, 2.05) is 0 Å². The summed E-state index contributed by atoms with van der Waals surface area (Å²) >= 11 is 0. The quantitative estimate of drug-likeness (QED) is 0.534. The number of hydrogen-bond donors (Lipinski definition) is 0. The molecule has 0 heteroatoms. The molecule has 0 amide bonds. The molecule has 0 saturated heterocycles. The Hall–Kier alpha value is 0. The van der Waals surface area contributed by atoms with E-state index in [1.165, 1.54) is 0 Å². The molecule has 3 rings (SSSR count). The second-order valence-corrected chi connectivity index (χ2v) is 7.03. The molecular weight excluding hydrogens is 168 g/mol. The van der Waals surface area contributed by atoms with Gasteiger partial charge in [0.1, 0.15) is 0 Å². The van der Waals surface area contributed by atoms with Crippen LogP contribution in [0.25, 0.3) is 0 Å². The summed E-state index contributed by atoms with van der Waals surface area (Å²) in [4.78, 5) is 0. The average Bonchev–Trinajstić information content (AvgIpc) is 2.04. The minimum Gasteiger partial charge on any atom is -0.0625 e. The van der Waals surface area contributed by atoms with E-state index in [9.17, 15) is 0 Å². The van der Waals surface area contributed by atoms with Crippen LogP contribution in [-0.4, -0.2) is 0 Å². The first-order chi connectivity index (χ1) is 6.62. The second kappa shape index (κ2) is 2.77. The van der Waals surface area contributed by atoms with Crippen LogP contribution in [0.1, 0.15) is 65.2 Å². The molecule has 0 aliphatic heterocycles. The van der Waals surface area contributed by atoms with Gasteiger partial charge >= 0.3 is 0 Å². The summed E-state index contributed by atoms with van der Waals surface area (Å²) < 4.78 is 0. The van der Waals surface area contributed by atoms with Crippen LogP contribution < -0.4 is 0 Å². The monoisotopic (exact) mass is 192 g/mol. The van der Waals surface area contributed by atoms with Gasteiger partial charge < -0.3 is 0 Å². The normalized spacial score (nSPS) is 57.0. The van der Waals surface area contributed by atoms with Crippen LogP contribution in [0.4, 0.5) is 0 Å². The van der Waals surface area contributed by atoms with E-state index < -0.39 is 0 Å². The van der Waals surface area contributed by atoms with Crippen LogP contribution in [0.15, 0.2) is 0 Å². The van der Waals surface area contributed by atoms with Crippen molar-refractivity contribution < 1.29 is 0 Å². The van der Waals surface area contributed by atoms with Crippen LogP contribution in [-0.2, 0) is 0 Å². The Labute approximate surface area is 88.5 Å². The summed E-state index contributed by atoms with van der Waals surface area (Å²) in [6.45, 7) is 4.86. The molecule has 0 unspecified atom stereocenters. The minimum absolute atomic E-state index is 0.851. The van der Waals surface area contributed by atoms with Crippen molar-refractivity contribution in [3.63, 3.8) is 0 Å². The van der Waals surface area contributed by atoms with Crippen molar-refractivity contribution in [2.24, 2.45) is 22.7 Å². The van der Waals surface area contributed by atoms with Crippen LogP contribution in [0.5, 0.6) is 0 Å². The summed E-state index contributed by atoms with van der Waals surface area (Å²) in [6.07, 6.45) is 12.5. The number of hydrogen-bond acceptors (Lipinski definition) is 0. The van der Waals surface area contributed by atoms with Crippen molar-refractivity contribution in [2.75, 3.05) is 0 Å². The Morgan fingerprint density at radius 3 is 1.14 bits per heavy atom. The van der Waals surface area contributed by atoms with E-state index in [0.29, 0.717) is 0 Å². The largest absolute Gasteiger partial charge is 0.0625 e. The molecule has 3 saturated carbocycles. The summed E-state index contributed by atoms with van der Waals surface area (Å²) in [5.41, 5.74) is 1.70. The Morgan fingerprint density at radius 1 is 0.643 bits per heavy atom. The maximum Gasteiger partial charge on any atom is -0.0292 e. The van der Waals surface area contributed by atoms with Gasteiger partial charge in [-0.3, -0.25) is 0 Å². The lowest BCUT2D eigenvalue weighted by molar-refractivity contribution is -0.0677. The molecule has 80 valence electrons. The lowest BCUT2D eigenvalue weighted by Gasteiger charge is -2.58. The highest BCUT2D eigenvalue weighted by Crippen LogP contribution is 2.63. The molecule has 0 aromatic carbocycles. The fraction of sp³-hybridized carbons (Fsp3) is 1.00. The first-order valence-corrected chi connectivity index (χ1v) is 6.62. The van der Waals surface area contributed by atoms with Gasteiger partial charge in [0.15, 0.2) is 0 Å². The third kappa shape index (κ3) is 1.26. The topological polar surface area (TPSA) is 0 Å². The zero-order valence-electron chi connectivity index (χ0n) is 9.81. The molecular formula is C14H24. The highest BCUT2D eigenvalue weighted by molar-refractivity contribution is 5.02. The van der Waals surface area contributed by atoms with Gasteiger partial charge in [0.2, 0.25) is 0 Å². The fourth-order valence-electron chi connectivity index (χ4n) is 4.96. The van der Waals surface area contributed by atoms with Crippen molar-refractivity contribution in [1.82, 2.24) is 0 Å². The van der Waals surface area contributed by atoms with Crippen LogP contribution in [0.2, 0.25) is 0 Å². The molecule has 2 spiro atoms. The Morgan fingerprint density at radius 2 is 0.929 bits per heavy atom. The first-order valence-electron chi connectivity index (χ1n) is 6.62. The molecule has 0 bridgehead atoms. The maximum absolute atomic E-state index is 2.43. The molecule has 0 atom stereocenters. The molecule has 0 nitrogen and oxygen atoms in total. The zero-order valence-corrected chi connectivity index (χ0v) is 9.81. The second-order valence-electron chi connectivity index (χ2n) is 7.03. The highest BCUT2D eigenvalue weighted by Gasteiger charge is 2.51. The van der Waals surface area contributed by atoms with Gasteiger partial charge in [-0.1, -0.05) is 13.8 Å². The summed E-state index contributed by atoms with van der Waals surface area (Å²) in [5.74, 6) is 2.09.